The van der Waals surface area contributed by atoms with Gasteiger partial charge in [0.25, 0.3) is 5.69 Å². The summed E-state index contributed by atoms with van der Waals surface area (Å²) in [4.78, 5) is 13.0. The molecule has 4 rings (SSSR count). The van der Waals surface area contributed by atoms with Gasteiger partial charge in [-0.15, -0.1) is 0 Å². The molecule has 3 aromatic rings. The number of fused-ring (bicyclic) bond motifs is 1. The standard InChI is InChI=1S/C21H24N4O5/c1-28-19-4-3-5-20(29-2)21(19)30-17-8-10-23(11-9-17)14-24-18-12-16(25(26)27)7-6-15(18)13-22-24/h3-7,12-13,17H,8-11,14H2,1-2H3. The van der Waals surface area contributed by atoms with Gasteiger partial charge in [0.1, 0.15) is 6.10 Å². The van der Waals surface area contributed by atoms with Gasteiger partial charge in [-0.2, -0.15) is 5.10 Å². The maximum absolute atomic E-state index is 11.1. The van der Waals surface area contributed by atoms with Gasteiger partial charge in [-0.3, -0.25) is 19.7 Å². The molecule has 0 amide bonds. The minimum absolute atomic E-state index is 0.0573. The van der Waals surface area contributed by atoms with Gasteiger partial charge in [-0.05, 0) is 31.0 Å². The van der Waals surface area contributed by atoms with Crippen LogP contribution in [0.1, 0.15) is 12.8 Å². The van der Waals surface area contributed by atoms with Crippen molar-refractivity contribution in [2.75, 3.05) is 27.3 Å². The van der Waals surface area contributed by atoms with Gasteiger partial charge < -0.3 is 14.2 Å². The number of piperidine rings is 1. The first-order chi connectivity index (χ1) is 14.6. The van der Waals surface area contributed by atoms with Gasteiger partial charge >= 0.3 is 0 Å². The van der Waals surface area contributed by atoms with E-state index in [1.54, 1.807) is 32.5 Å². The van der Waals surface area contributed by atoms with E-state index >= 15 is 0 Å². The molecule has 1 aromatic heterocycles. The molecule has 30 heavy (non-hydrogen) atoms. The predicted octanol–water partition coefficient (Wildman–Crippen LogP) is 3.46. The molecule has 0 N–H and O–H groups in total. The molecule has 1 saturated heterocycles. The number of nitro benzene ring substituents is 1. The number of nitrogens with zero attached hydrogens (tertiary/aromatic N) is 4. The fourth-order valence-corrected chi connectivity index (χ4v) is 3.74. The zero-order valence-electron chi connectivity index (χ0n) is 17.0. The Labute approximate surface area is 173 Å². The van der Waals surface area contributed by atoms with Crippen LogP contribution in [0.4, 0.5) is 5.69 Å². The van der Waals surface area contributed by atoms with E-state index in [-0.39, 0.29) is 16.7 Å². The van der Waals surface area contributed by atoms with E-state index in [0.29, 0.717) is 23.9 Å². The Balaban J connectivity index is 1.41. The lowest BCUT2D eigenvalue weighted by Gasteiger charge is -2.32. The highest BCUT2D eigenvalue weighted by Crippen LogP contribution is 2.38. The van der Waals surface area contributed by atoms with Gasteiger partial charge in [0.05, 0.1) is 37.5 Å². The SMILES string of the molecule is COc1cccc(OC)c1OC1CCN(Cn2ncc3ccc([N+](=O)[O-])cc32)CC1. The van der Waals surface area contributed by atoms with Crippen LogP contribution in [0.3, 0.4) is 0 Å². The van der Waals surface area contributed by atoms with Crippen molar-refractivity contribution in [1.82, 2.24) is 14.7 Å². The lowest BCUT2D eigenvalue weighted by molar-refractivity contribution is -0.384. The number of likely N-dealkylation sites (tertiary alicyclic amines) is 1. The highest BCUT2D eigenvalue weighted by molar-refractivity contribution is 5.80. The number of benzene rings is 2. The first-order valence-corrected chi connectivity index (χ1v) is 9.79. The molecule has 2 heterocycles. The Bertz CT molecular complexity index is 1020. The molecule has 0 saturated carbocycles. The predicted molar refractivity (Wildman–Crippen MR) is 111 cm³/mol. The normalized spacial score (nSPS) is 15.3. The van der Waals surface area contributed by atoms with Crippen LogP contribution in [0.2, 0.25) is 0 Å². The Kier molecular flexibility index (Phi) is 5.71. The summed E-state index contributed by atoms with van der Waals surface area (Å²) >= 11 is 0. The molecular weight excluding hydrogens is 388 g/mol. The van der Waals surface area contributed by atoms with Crippen molar-refractivity contribution >= 4 is 16.6 Å². The van der Waals surface area contributed by atoms with Gasteiger partial charge in [-0.1, -0.05) is 6.07 Å². The third-order valence-electron chi connectivity index (χ3n) is 5.37. The van der Waals surface area contributed by atoms with Crippen LogP contribution >= 0.6 is 0 Å². The number of methoxy groups -OCH3 is 2. The zero-order chi connectivity index (χ0) is 21.1. The van der Waals surface area contributed by atoms with Crippen LogP contribution < -0.4 is 14.2 Å². The molecule has 1 aliphatic heterocycles. The number of hydrogen-bond donors (Lipinski definition) is 0. The fraction of sp³-hybridized carbons (Fsp3) is 0.381. The third kappa shape index (κ3) is 4.02. The average Bonchev–Trinajstić information content (AvgIpc) is 3.17. The smallest absolute Gasteiger partial charge is 0.271 e. The van der Waals surface area contributed by atoms with E-state index in [1.165, 1.54) is 6.07 Å². The minimum Gasteiger partial charge on any atom is -0.493 e. The molecule has 0 radical (unpaired) electrons. The second-order valence-corrected chi connectivity index (χ2v) is 7.21. The van der Waals surface area contributed by atoms with Gasteiger partial charge in [0, 0.05) is 30.6 Å². The molecule has 9 heteroatoms. The van der Waals surface area contributed by atoms with Crippen LogP contribution in [-0.4, -0.2) is 53.0 Å². The molecular formula is C21H24N4O5. The Hall–Kier alpha value is -3.33. The Morgan fingerprint density at radius 2 is 1.83 bits per heavy atom. The third-order valence-corrected chi connectivity index (χ3v) is 5.37. The molecule has 0 unspecified atom stereocenters. The number of non-ortho nitro benzene ring substituents is 1. The van der Waals surface area contributed by atoms with Crippen molar-refractivity contribution < 1.29 is 19.1 Å². The van der Waals surface area contributed by atoms with E-state index in [9.17, 15) is 10.1 Å². The first-order valence-electron chi connectivity index (χ1n) is 9.79. The van der Waals surface area contributed by atoms with Crippen molar-refractivity contribution in [3.8, 4) is 17.2 Å². The van der Waals surface area contributed by atoms with E-state index in [1.807, 2.05) is 22.9 Å². The molecule has 0 bridgehead atoms. The second kappa shape index (κ2) is 8.58. The number of nitro groups is 1. The van der Waals surface area contributed by atoms with Crippen molar-refractivity contribution in [2.45, 2.75) is 25.6 Å². The second-order valence-electron chi connectivity index (χ2n) is 7.21. The monoisotopic (exact) mass is 412 g/mol. The largest absolute Gasteiger partial charge is 0.493 e. The van der Waals surface area contributed by atoms with Crippen molar-refractivity contribution in [1.29, 1.82) is 0 Å². The summed E-state index contributed by atoms with van der Waals surface area (Å²) in [5, 5.41) is 16.4. The number of aromatic nitrogens is 2. The van der Waals surface area contributed by atoms with E-state index in [4.69, 9.17) is 14.2 Å². The molecule has 0 spiro atoms. The fourth-order valence-electron chi connectivity index (χ4n) is 3.74. The van der Waals surface area contributed by atoms with Crippen LogP contribution in [0, 0.1) is 10.1 Å². The highest BCUT2D eigenvalue weighted by Gasteiger charge is 2.24. The highest BCUT2D eigenvalue weighted by atomic mass is 16.6. The van der Waals surface area contributed by atoms with Crippen LogP contribution in [-0.2, 0) is 6.67 Å². The van der Waals surface area contributed by atoms with E-state index in [2.05, 4.69) is 10.00 Å². The lowest BCUT2D eigenvalue weighted by atomic mass is 10.1. The van der Waals surface area contributed by atoms with Crippen molar-refractivity contribution in [3.05, 3.63) is 52.7 Å². The van der Waals surface area contributed by atoms with E-state index in [0.717, 1.165) is 36.8 Å². The molecule has 1 fully saturated rings. The van der Waals surface area contributed by atoms with Gasteiger partial charge in [-0.25, -0.2) is 0 Å². The number of hydrogen-bond acceptors (Lipinski definition) is 7. The molecule has 1 aliphatic rings. The Morgan fingerprint density at radius 1 is 1.13 bits per heavy atom. The quantitative estimate of drug-likeness (QED) is 0.433. The van der Waals surface area contributed by atoms with Crippen molar-refractivity contribution in [2.24, 2.45) is 0 Å². The number of rotatable bonds is 7. The summed E-state index contributed by atoms with van der Waals surface area (Å²) in [5.74, 6) is 1.94. The number of para-hydroxylation sites is 1. The molecule has 0 atom stereocenters. The molecule has 2 aromatic carbocycles. The maximum atomic E-state index is 11.1. The first kappa shape index (κ1) is 20.0. The summed E-state index contributed by atoms with van der Waals surface area (Å²) in [6.07, 6.45) is 3.49. The van der Waals surface area contributed by atoms with Crippen LogP contribution in [0.15, 0.2) is 42.6 Å². The summed E-state index contributed by atoms with van der Waals surface area (Å²) in [6, 6.07) is 10.4. The summed E-state index contributed by atoms with van der Waals surface area (Å²) in [6.45, 7) is 2.24. The zero-order valence-corrected chi connectivity index (χ0v) is 17.0. The topological polar surface area (TPSA) is 91.9 Å². The van der Waals surface area contributed by atoms with Crippen LogP contribution in [0.25, 0.3) is 10.9 Å². The van der Waals surface area contributed by atoms with Gasteiger partial charge in [0.2, 0.25) is 5.75 Å². The summed E-state index contributed by atoms with van der Waals surface area (Å²) < 4.78 is 18.9. The lowest BCUT2D eigenvalue weighted by Crippen LogP contribution is -2.39. The van der Waals surface area contributed by atoms with Gasteiger partial charge in [0.15, 0.2) is 11.5 Å². The van der Waals surface area contributed by atoms with Crippen molar-refractivity contribution in [3.63, 3.8) is 0 Å². The molecule has 158 valence electrons. The van der Waals surface area contributed by atoms with Crippen LogP contribution in [0.5, 0.6) is 17.2 Å². The summed E-state index contributed by atoms with van der Waals surface area (Å²) in [5.41, 5.74) is 0.837. The van der Waals surface area contributed by atoms with E-state index < -0.39 is 0 Å². The molecule has 9 nitrogen and oxygen atoms in total. The number of ether oxygens (including phenoxy) is 3. The minimum atomic E-state index is -0.383. The average molecular weight is 412 g/mol. The summed E-state index contributed by atoms with van der Waals surface area (Å²) in [7, 11) is 3.23. The Morgan fingerprint density at radius 3 is 2.47 bits per heavy atom. The maximum Gasteiger partial charge on any atom is 0.271 e. The molecule has 0 aliphatic carbocycles.